The van der Waals surface area contributed by atoms with E-state index in [4.69, 9.17) is 9.47 Å². The van der Waals surface area contributed by atoms with Gasteiger partial charge in [0.25, 0.3) is 16.8 Å². The van der Waals surface area contributed by atoms with Crippen LogP contribution in [0.15, 0.2) is 83.8 Å². The summed E-state index contributed by atoms with van der Waals surface area (Å²) >= 11 is 0.833. The van der Waals surface area contributed by atoms with E-state index in [0.717, 1.165) is 46.3 Å². The van der Waals surface area contributed by atoms with Crippen LogP contribution in [0, 0.1) is 20.2 Å². The van der Waals surface area contributed by atoms with Crippen LogP contribution < -0.4 is 9.47 Å². The maximum absolute atomic E-state index is 13.2. The van der Waals surface area contributed by atoms with Crippen molar-refractivity contribution in [2.75, 3.05) is 6.61 Å². The lowest BCUT2D eigenvalue weighted by molar-refractivity contribution is -0.394. The van der Waals surface area contributed by atoms with Gasteiger partial charge in [-0.15, -0.1) is 0 Å². The van der Waals surface area contributed by atoms with E-state index < -0.39 is 27.1 Å². The number of thioether (sulfide) groups is 1. The monoisotopic (exact) mass is 571 g/mol. The number of non-ortho nitro benzene ring substituents is 1. The van der Waals surface area contributed by atoms with Gasteiger partial charge in [0.1, 0.15) is 0 Å². The predicted molar refractivity (Wildman–Crippen MR) is 153 cm³/mol. The van der Waals surface area contributed by atoms with Gasteiger partial charge in [0.15, 0.2) is 11.5 Å². The first-order valence-electron chi connectivity index (χ1n) is 12.3. The van der Waals surface area contributed by atoms with Crippen molar-refractivity contribution in [1.82, 2.24) is 4.90 Å². The number of nitrogens with zero attached hydrogens (tertiary/aromatic N) is 3. The second-order valence-electron chi connectivity index (χ2n) is 8.81. The fourth-order valence-electron chi connectivity index (χ4n) is 4.32. The van der Waals surface area contributed by atoms with Crippen molar-refractivity contribution in [2.45, 2.75) is 13.5 Å². The molecule has 41 heavy (non-hydrogen) atoms. The fourth-order valence-corrected chi connectivity index (χ4v) is 5.16. The molecule has 4 aromatic carbocycles. The average molecular weight is 572 g/mol. The van der Waals surface area contributed by atoms with Gasteiger partial charge in [-0.25, -0.2) is 0 Å². The highest BCUT2D eigenvalue weighted by Crippen LogP contribution is 2.40. The number of imide groups is 1. The van der Waals surface area contributed by atoms with Crippen molar-refractivity contribution in [2.24, 2.45) is 0 Å². The Morgan fingerprint density at radius 2 is 1.63 bits per heavy atom. The maximum atomic E-state index is 13.2. The second kappa shape index (κ2) is 11.5. The highest BCUT2D eigenvalue weighted by Gasteiger charge is 2.35. The van der Waals surface area contributed by atoms with E-state index >= 15 is 0 Å². The van der Waals surface area contributed by atoms with E-state index in [1.807, 2.05) is 42.5 Å². The molecule has 1 aliphatic rings. The van der Waals surface area contributed by atoms with Crippen molar-refractivity contribution in [3.63, 3.8) is 0 Å². The summed E-state index contributed by atoms with van der Waals surface area (Å²) in [6, 6.07) is 21.2. The number of fused-ring (bicyclic) bond motifs is 1. The summed E-state index contributed by atoms with van der Waals surface area (Å²) in [4.78, 5) is 48.5. The van der Waals surface area contributed by atoms with Crippen molar-refractivity contribution < 1.29 is 28.9 Å². The molecule has 1 saturated heterocycles. The molecule has 206 valence electrons. The predicted octanol–water partition coefficient (Wildman–Crippen LogP) is 7.08. The zero-order chi connectivity index (χ0) is 29.1. The average Bonchev–Trinajstić information content (AvgIpc) is 3.21. The molecule has 0 aromatic heterocycles. The number of hydrogen-bond acceptors (Lipinski definition) is 9. The van der Waals surface area contributed by atoms with Crippen LogP contribution in [-0.4, -0.2) is 32.5 Å². The summed E-state index contributed by atoms with van der Waals surface area (Å²) in [5.41, 5.74) is 0.367. The minimum atomic E-state index is -0.772. The molecular formula is C29H21N3O8S. The van der Waals surface area contributed by atoms with Gasteiger partial charge < -0.3 is 9.47 Å². The van der Waals surface area contributed by atoms with Gasteiger partial charge in [0, 0.05) is 6.07 Å². The fraction of sp³-hybridized carbons (Fsp3) is 0.103. The van der Waals surface area contributed by atoms with Crippen LogP contribution in [0.2, 0.25) is 0 Å². The molecule has 5 rings (SSSR count). The Bertz CT molecular complexity index is 1750. The number of amides is 2. The third-order valence-corrected chi connectivity index (χ3v) is 7.12. The number of carbonyl (C=O) groups is 2. The summed E-state index contributed by atoms with van der Waals surface area (Å²) in [5.74, 6) is -0.273. The number of rotatable bonds is 9. The lowest BCUT2D eigenvalue weighted by atomic mass is 10.0. The van der Waals surface area contributed by atoms with Crippen LogP contribution in [-0.2, 0) is 11.3 Å². The first kappa shape index (κ1) is 27.3. The van der Waals surface area contributed by atoms with Gasteiger partial charge in [-0.2, -0.15) is 0 Å². The SMILES string of the molecule is CCOc1cc(/C=C2\SC(=O)N(Cc3cccc4ccccc34)C2=O)ccc1Oc1ccc([N+](=O)[O-])cc1[N+](=O)[O-]. The van der Waals surface area contributed by atoms with E-state index in [2.05, 4.69) is 0 Å². The molecule has 0 atom stereocenters. The second-order valence-corrected chi connectivity index (χ2v) is 9.81. The number of hydrogen-bond donors (Lipinski definition) is 0. The third kappa shape index (κ3) is 5.72. The molecule has 0 bridgehead atoms. The Morgan fingerprint density at radius 1 is 0.878 bits per heavy atom. The first-order valence-corrected chi connectivity index (χ1v) is 13.2. The lowest BCUT2D eigenvalue weighted by Gasteiger charge is -2.14. The molecule has 1 fully saturated rings. The van der Waals surface area contributed by atoms with Crippen LogP contribution in [0.25, 0.3) is 16.8 Å². The third-order valence-electron chi connectivity index (χ3n) is 6.22. The van der Waals surface area contributed by atoms with Crippen molar-refractivity contribution in [1.29, 1.82) is 0 Å². The number of nitro groups is 2. The highest BCUT2D eigenvalue weighted by atomic mass is 32.2. The molecule has 1 aliphatic heterocycles. The number of carbonyl (C=O) groups excluding carboxylic acids is 2. The molecule has 11 nitrogen and oxygen atoms in total. The summed E-state index contributed by atoms with van der Waals surface area (Å²) in [5, 5.41) is 24.1. The highest BCUT2D eigenvalue weighted by molar-refractivity contribution is 8.18. The van der Waals surface area contributed by atoms with Crippen LogP contribution in [0.1, 0.15) is 18.1 Å². The van der Waals surface area contributed by atoms with Crippen molar-refractivity contribution in [3.8, 4) is 17.2 Å². The quantitative estimate of drug-likeness (QED) is 0.117. The van der Waals surface area contributed by atoms with Crippen molar-refractivity contribution >= 4 is 51.1 Å². The largest absolute Gasteiger partial charge is 0.490 e. The minimum Gasteiger partial charge on any atom is -0.490 e. The van der Waals surface area contributed by atoms with Crippen molar-refractivity contribution in [3.05, 3.63) is 115 Å². The zero-order valence-electron chi connectivity index (χ0n) is 21.5. The Labute approximate surface area is 237 Å². The summed E-state index contributed by atoms with van der Waals surface area (Å²) in [6.07, 6.45) is 1.56. The minimum absolute atomic E-state index is 0.130. The van der Waals surface area contributed by atoms with Gasteiger partial charge in [0.05, 0.1) is 34.0 Å². The first-order chi connectivity index (χ1) is 19.7. The smallest absolute Gasteiger partial charge is 0.318 e. The van der Waals surface area contributed by atoms with Crippen LogP contribution in [0.3, 0.4) is 0 Å². The standard InChI is InChI=1S/C29H21N3O8S/c1-2-39-26-14-18(10-12-25(26)40-24-13-11-21(31(35)36)16-23(24)32(37)38)15-27-28(33)30(29(34)41-27)17-20-8-5-7-19-6-3-4-9-22(19)20/h3-16H,2,17H2,1H3/b27-15-. The van der Waals surface area contributed by atoms with E-state index in [9.17, 15) is 29.8 Å². The number of nitro benzene ring substituents is 2. The molecule has 4 aromatic rings. The van der Waals surface area contributed by atoms with Gasteiger partial charge in [-0.3, -0.25) is 34.7 Å². The molecule has 0 saturated carbocycles. The molecule has 0 aliphatic carbocycles. The van der Waals surface area contributed by atoms with Gasteiger partial charge >= 0.3 is 5.69 Å². The summed E-state index contributed by atoms with van der Waals surface area (Å²) < 4.78 is 11.4. The Kier molecular flexibility index (Phi) is 7.66. The summed E-state index contributed by atoms with van der Waals surface area (Å²) in [6.45, 7) is 2.11. The molecule has 0 N–H and O–H groups in total. The maximum Gasteiger partial charge on any atom is 0.318 e. The Morgan fingerprint density at radius 3 is 2.39 bits per heavy atom. The molecule has 1 heterocycles. The van der Waals surface area contributed by atoms with E-state index in [1.54, 1.807) is 25.1 Å². The topological polar surface area (TPSA) is 142 Å². The molecule has 12 heteroatoms. The van der Waals surface area contributed by atoms with E-state index in [-0.39, 0.29) is 40.5 Å². The zero-order valence-corrected chi connectivity index (χ0v) is 22.3. The normalized spacial score (nSPS) is 14.1. The van der Waals surface area contributed by atoms with Gasteiger partial charge in [0.2, 0.25) is 5.75 Å². The Hall–Kier alpha value is -5.23. The number of benzene rings is 4. The van der Waals surface area contributed by atoms with Crippen LogP contribution >= 0.6 is 11.8 Å². The summed E-state index contributed by atoms with van der Waals surface area (Å²) in [7, 11) is 0. The van der Waals surface area contributed by atoms with Crippen LogP contribution in [0.5, 0.6) is 17.2 Å². The van der Waals surface area contributed by atoms with Crippen LogP contribution in [0.4, 0.5) is 16.2 Å². The molecule has 0 unspecified atom stereocenters. The van der Waals surface area contributed by atoms with Gasteiger partial charge in [-0.1, -0.05) is 48.5 Å². The van der Waals surface area contributed by atoms with Gasteiger partial charge in [-0.05, 0) is 64.9 Å². The molecule has 0 radical (unpaired) electrons. The number of ether oxygens (including phenoxy) is 2. The lowest BCUT2D eigenvalue weighted by Crippen LogP contribution is -2.27. The molecule has 2 amide bonds. The van der Waals surface area contributed by atoms with E-state index in [1.165, 1.54) is 11.0 Å². The molecule has 0 spiro atoms. The van der Waals surface area contributed by atoms with E-state index in [0.29, 0.717) is 5.56 Å². The Balaban J connectivity index is 1.40. The molecular weight excluding hydrogens is 550 g/mol.